The van der Waals surface area contributed by atoms with Crippen LogP contribution in [0, 0.1) is 5.92 Å². The third-order valence-corrected chi connectivity index (χ3v) is 5.23. The zero-order chi connectivity index (χ0) is 11.4. The van der Waals surface area contributed by atoms with Crippen LogP contribution in [-0.4, -0.2) is 16.7 Å². The average Bonchev–Trinajstić information content (AvgIpc) is 1.94. The molecule has 0 aromatic carbocycles. The average molecular weight is 246 g/mol. The summed E-state index contributed by atoms with van der Waals surface area (Å²) >= 11 is 0. The third kappa shape index (κ3) is 7.85. The molecule has 0 N–H and O–H groups in total. The van der Waals surface area contributed by atoms with Crippen LogP contribution in [0.25, 0.3) is 0 Å². The fourth-order valence-corrected chi connectivity index (χ4v) is 3.60. The summed E-state index contributed by atoms with van der Waals surface area (Å²) in [5.74, 6) is 0.0628. The second-order valence-electron chi connectivity index (χ2n) is 3.84. The highest BCUT2D eigenvalue weighted by Crippen LogP contribution is 2.39. The van der Waals surface area contributed by atoms with Gasteiger partial charge in [0, 0.05) is 10.5 Å². The predicted molar refractivity (Wildman–Crippen MR) is 59.6 cm³/mol. The summed E-state index contributed by atoms with van der Waals surface area (Å²) in [6.07, 6.45) is -4.73. The van der Waals surface area contributed by atoms with Crippen LogP contribution in [0.3, 0.4) is 0 Å². The van der Waals surface area contributed by atoms with Crippen molar-refractivity contribution in [3.05, 3.63) is 0 Å². The van der Waals surface area contributed by atoms with Crippen LogP contribution in [0.1, 0.15) is 34.1 Å². The lowest BCUT2D eigenvalue weighted by Gasteiger charge is -2.21. The van der Waals surface area contributed by atoms with Crippen molar-refractivity contribution in [1.29, 1.82) is 0 Å². The van der Waals surface area contributed by atoms with E-state index in [1.807, 2.05) is 27.7 Å². The van der Waals surface area contributed by atoms with E-state index in [2.05, 4.69) is 0 Å². The highest BCUT2D eigenvalue weighted by molar-refractivity contribution is 8.77. The maximum Gasteiger partial charge on any atom is 0.390 e. The van der Waals surface area contributed by atoms with Crippen molar-refractivity contribution in [3.63, 3.8) is 0 Å². The van der Waals surface area contributed by atoms with E-state index >= 15 is 0 Å². The first-order chi connectivity index (χ1) is 6.22. The Morgan fingerprint density at radius 3 is 1.79 bits per heavy atom. The highest BCUT2D eigenvalue weighted by atomic mass is 33.1. The largest absolute Gasteiger partial charge is 0.390 e. The molecule has 0 aliphatic heterocycles. The van der Waals surface area contributed by atoms with Crippen LogP contribution in [0.4, 0.5) is 13.2 Å². The van der Waals surface area contributed by atoms with Crippen LogP contribution in [-0.2, 0) is 0 Å². The molecule has 0 aromatic rings. The van der Waals surface area contributed by atoms with Crippen LogP contribution in [0.15, 0.2) is 0 Å². The van der Waals surface area contributed by atoms with Crippen molar-refractivity contribution in [2.75, 3.05) is 0 Å². The molecule has 0 unspecified atom stereocenters. The summed E-state index contributed by atoms with van der Waals surface area (Å²) in [6.45, 7) is 7.65. The molecule has 0 saturated carbocycles. The summed E-state index contributed by atoms with van der Waals surface area (Å²) < 4.78 is 36.5. The van der Waals surface area contributed by atoms with Gasteiger partial charge in [0.15, 0.2) is 0 Å². The fourth-order valence-electron chi connectivity index (χ4n) is 0.791. The van der Waals surface area contributed by atoms with E-state index in [0.29, 0.717) is 5.25 Å². The molecule has 0 amide bonds. The van der Waals surface area contributed by atoms with E-state index in [4.69, 9.17) is 0 Å². The van der Waals surface area contributed by atoms with Gasteiger partial charge in [-0.25, -0.2) is 0 Å². The molecular weight excluding hydrogens is 229 g/mol. The van der Waals surface area contributed by atoms with Crippen molar-refractivity contribution < 1.29 is 13.2 Å². The predicted octanol–water partition coefficient (Wildman–Crippen LogP) is 4.75. The second kappa shape index (κ2) is 6.16. The normalized spacial score (nSPS) is 15.2. The van der Waals surface area contributed by atoms with E-state index in [9.17, 15) is 13.2 Å². The molecule has 0 spiro atoms. The van der Waals surface area contributed by atoms with Gasteiger partial charge in [-0.3, -0.25) is 0 Å². The van der Waals surface area contributed by atoms with E-state index in [1.165, 1.54) is 21.6 Å². The molecule has 0 aromatic heterocycles. The zero-order valence-corrected chi connectivity index (χ0v) is 10.5. The van der Waals surface area contributed by atoms with Crippen LogP contribution < -0.4 is 0 Å². The van der Waals surface area contributed by atoms with Gasteiger partial charge < -0.3 is 0 Å². The Morgan fingerprint density at radius 2 is 1.50 bits per heavy atom. The number of alkyl halides is 3. The monoisotopic (exact) mass is 246 g/mol. The van der Waals surface area contributed by atoms with E-state index in [0.717, 1.165) is 0 Å². The summed E-state index contributed by atoms with van der Waals surface area (Å²) in [6, 6.07) is 0. The van der Waals surface area contributed by atoms with E-state index < -0.39 is 12.6 Å². The number of hydrogen-bond acceptors (Lipinski definition) is 2. The van der Waals surface area contributed by atoms with Gasteiger partial charge in [0.05, 0.1) is 6.42 Å². The van der Waals surface area contributed by atoms with Crippen molar-refractivity contribution in [2.45, 2.75) is 50.8 Å². The summed E-state index contributed by atoms with van der Waals surface area (Å²) in [4.78, 5) is 0. The topological polar surface area (TPSA) is 0 Å². The molecule has 14 heavy (non-hydrogen) atoms. The molecule has 0 fully saturated rings. The molecule has 5 heteroatoms. The van der Waals surface area contributed by atoms with E-state index in [1.54, 1.807) is 0 Å². The molecule has 0 aliphatic rings. The molecule has 0 bridgehead atoms. The lowest BCUT2D eigenvalue weighted by atomic mass is 10.1. The Morgan fingerprint density at radius 1 is 1.00 bits per heavy atom. The molecular formula is C9H17F3S2. The highest BCUT2D eigenvalue weighted by Gasteiger charge is 2.33. The zero-order valence-electron chi connectivity index (χ0n) is 8.89. The number of halogens is 3. The quantitative estimate of drug-likeness (QED) is 0.642. The first-order valence-electron chi connectivity index (χ1n) is 4.61. The Kier molecular flexibility index (Phi) is 6.37. The van der Waals surface area contributed by atoms with Gasteiger partial charge in [0.25, 0.3) is 0 Å². The molecule has 0 aliphatic carbocycles. The molecule has 0 saturated heterocycles. The summed E-state index contributed by atoms with van der Waals surface area (Å²) in [5.41, 5.74) is 0. The molecule has 0 rings (SSSR count). The van der Waals surface area contributed by atoms with Gasteiger partial charge in [-0.2, -0.15) is 13.2 Å². The Hall–Kier alpha value is 0.490. The van der Waals surface area contributed by atoms with Gasteiger partial charge in [-0.15, -0.1) is 0 Å². The smallest absolute Gasteiger partial charge is 0.171 e. The summed E-state index contributed by atoms with van der Waals surface area (Å²) in [7, 11) is 2.89. The second-order valence-corrected chi connectivity index (χ2v) is 6.93. The lowest BCUT2D eigenvalue weighted by Crippen LogP contribution is -2.21. The first kappa shape index (κ1) is 14.5. The van der Waals surface area contributed by atoms with Gasteiger partial charge in [0.2, 0.25) is 0 Å². The standard InChI is InChI=1S/C9H17F3S2/c1-6(2)8(5-9(10,11)12)14-13-7(3)4/h6-8H,5H2,1-4H3/t8-/m1/s1. The molecule has 0 radical (unpaired) electrons. The summed E-state index contributed by atoms with van der Waals surface area (Å²) in [5, 5.41) is 0.0388. The van der Waals surface area contributed by atoms with Crippen LogP contribution in [0.2, 0.25) is 0 Å². The Labute approximate surface area is 91.8 Å². The van der Waals surface area contributed by atoms with Gasteiger partial charge in [0.1, 0.15) is 0 Å². The van der Waals surface area contributed by atoms with Crippen LogP contribution in [0.5, 0.6) is 0 Å². The SMILES string of the molecule is CC(C)SS[C@H](CC(F)(F)F)C(C)C. The first-order valence-corrected chi connectivity index (χ1v) is 6.89. The fraction of sp³-hybridized carbons (Fsp3) is 1.00. The maximum atomic E-state index is 12.2. The minimum Gasteiger partial charge on any atom is -0.171 e. The minimum absolute atomic E-state index is 0.0628. The van der Waals surface area contributed by atoms with Crippen molar-refractivity contribution in [1.82, 2.24) is 0 Å². The van der Waals surface area contributed by atoms with Crippen molar-refractivity contribution >= 4 is 21.6 Å². The van der Waals surface area contributed by atoms with Crippen LogP contribution >= 0.6 is 21.6 Å². The minimum atomic E-state index is -4.04. The molecule has 0 heterocycles. The lowest BCUT2D eigenvalue weighted by molar-refractivity contribution is -0.135. The Bertz CT molecular complexity index is 155. The van der Waals surface area contributed by atoms with Crippen molar-refractivity contribution in [2.24, 2.45) is 5.92 Å². The third-order valence-electron chi connectivity index (χ3n) is 1.55. The van der Waals surface area contributed by atoms with Gasteiger partial charge in [-0.05, 0) is 5.92 Å². The molecule has 0 nitrogen and oxygen atoms in total. The number of rotatable bonds is 5. The maximum absolute atomic E-state index is 12.2. The molecule has 86 valence electrons. The Balaban J connectivity index is 4.03. The van der Waals surface area contributed by atoms with Crippen molar-refractivity contribution in [3.8, 4) is 0 Å². The number of hydrogen-bond donors (Lipinski definition) is 0. The van der Waals surface area contributed by atoms with E-state index in [-0.39, 0.29) is 11.2 Å². The van der Waals surface area contributed by atoms with Gasteiger partial charge >= 0.3 is 6.18 Å². The van der Waals surface area contributed by atoms with Gasteiger partial charge in [-0.1, -0.05) is 49.3 Å². The molecule has 1 atom stereocenters.